The molecule has 0 unspecified atom stereocenters. The average molecular weight is 732 g/mol. The van der Waals surface area contributed by atoms with Gasteiger partial charge in [-0.05, 0) is 80.6 Å². The monoisotopic (exact) mass is 731 g/mol. The molecule has 56 heavy (non-hydrogen) atoms. The van der Waals surface area contributed by atoms with Gasteiger partial charge in [0.1, 0.15) is 16.8 Å². The molecule has 0 N–H and O–H groups in total. The molecule has 1 aliphatic heterocycles. The molecule has 1 spiro atoms. The van der Waals surface area contributed by atoms with Gasteiger partial charge in [-0.15, -0.1) is 0 Å². The average Bonchev–Trinajstić information content (AvgIpc) is 3.89. The molecule has 0 saturated heterocycles. The van der Waals surface area contributed by atoms with Crippen LogP contribution in [0.4, 0.5) is 0 Å². The molecule has 260 valence electrons. The molecule has 0 radical (unpaired) electrons. The Balaban J connectivity index is 1.16. The van der Waals surface area contributed by atoms with E-state index in [1.807, 2.05) is 30.0 Å². The zero-order chi connectivity index (χ0) is 36.5. The lowest BCUT2D eigenvalue weighted by atomic mass is 9.67. The Hall–Kier alpha value is -6.95. The van der Waals surface area contributed by atoms with E-state index in [0.29, 0.717) is 11.5 Å². The van der Waals surface area contributed by atoms with E-state index < -0.39 is 5.41 Å². The van der Waals surface area contributed by atoms with Gasteiger partial charge in [0, 0.05) is 31.5 Å². The number of furan rings is 1. The number of para-hydroxylation sites is 2. The van der Waals surface area contributed by atoms with Crippen LogP contribution in [0.15, 0.2) is 190 Å². The highest BCUT2D eigenvalue weighted by Crippen LogP contribution is 2.62. The summed E-state index contributed by atoms with van der Waals surface area (Å²) in [5.41, 5.74) is 13.7. The third-order valence-corrected chi connectivity index (χ3v) is 13.2. The minimum atomic E-state index is -0.464. The molecular formula is C51H29N3OS. The highest BCUT2D eigenvalue weighted by molar-refractivity contribution is 7.99. The molecule has 0 amide bonds. The zero-order valence-corrected chi connectivity index (χ0v) is 30.7. The van der Waals surface area contributed by atoms with Crippen molar-refractivity contribution in [2.24, 2.45) is 0 Å². The van der Waals surface area contributed by atoms with E-state index >= 15 is 0 Å². The Morgan fingerprint density at radius 1 is 0.464 bits per heavy atom. The van der Waals surface area contributed by atoms with Crippen molar-refractivity contribution in [3.8, 4) is 28.3 Å². The van der Waals surface area contributed by atoms with Crippen LogP contribution in [0.25, 0.3) is 83.0 Å². The van der Waals surface area contributed by atoms with Crippen LogP contribution in [0.2, 0.25) is 0 Å². The predicted molar refractivity (Wildman–Crippen MR) is 228 cm³/mol. The summed E-state index contributed by atoms with van der Waals surface area (Å²) in [6.45, 7) is 0. The number of benzene rings is 8. The van der Waals surface area contributed by atoms with Gasteiger partial charge < -0.3 is 4.42 Å². The van der Waals surface area contributed by atoms with E-state index in [4.69, 9.17) is 14.4 Å². The second kappa shape index (κ2) is 11.1. The zero-order valence-electron chi connectivity index (χ0n) is 29.9. The highest BCUT2D eigenvalue weighted by atomic mass is 32.2. The summed E-state index contributed by atoms with van der Waals surface area (Å²) in [4.78, 5) is 13.4. The Kier molecular flexibility index (Phi) is 6.00. The summed E-state index contributed by atoms with van der Waals surface area (Å²) < 4.78 is 8.88. The van der Waals surface area contributed by atoms with E-state index in [1.54, 1.807) is 0 Å². The first kappa shape index (κ1) is 30.4. The van der Waals surface area contributed by atoms with Crippen LogP contribution in [0.3, 0.4) is 0 Å². The Bertz CT molecular complexity index is 3430. The summed E-state index contributed by atoms with van der Waals surface area (Å²) in [6.07, 6.45) is 0. The van der Waals surface area contributed by atoms with E-state index in [2.05, 4.69) is 162 Å². The number of fused-ring (bicyclic) bond motifs is 16. The van der Waals surface area contributed by atoms with Crippen molar-refractivity contribution in [2.45, 2.75) is 15.2 Å². The van der Waals surface area contributed by atoms with Gasteiger partial charge in [0.05, 0.1) is 16.4 Å². The lowest BCUT2D eigenvalue weighted by molar-refractivity contribution is 0.666. The summed E-state index contributed by atoms with van der Waals surface area (Å²) in [5, 5.41) is 5.58. The fraction of sp³-hybridized carbons (Fsp3) is 0.0196. The summed E-state index contributed by atoms with van der Waals surface area (Å²) in [7, 11) is 0. The fourth-order valence-electron chi connectivity index (χ4n) is 9.83. The van der Waals surface area contributed by atoms with E-state index in [1.165, 1.54) is 48.6 Å². The third-order valence-electron chi connectivity index (χ3n) is 12.1. The molecule has 3 aromatic heterocycles. The standard InChI is InChI=1S/C51H29N3OS/c1-2-16-31-30(14-1)15-13-21-35(31)47-49-48(36-20-6-11-26-44(36)55-49)53-50(52-47)54-42-25-10-5-19-34(42)37-28-41-46(29-43(37)54)56-45-27-12-9-24-40(45)51(41)38-22-7-3-17-32(38)33-18-4-8-23-39(33)51/h1-29H. The topological polar surface area (TPSA) is 43.9 Å². The van der Waals surface area contributed by atoms with Crippen molar-refractivity contribution in [3.05, 3.63) is 198 Å². The Labute approximate surface area is 325 Å². The van der Waals surface area contributed by atoms with Gasteiger partial charge in [-0.1, -0.05) is 151 Å². The molecular weight excluding hydrogens is 703 g/mol. The third kappa shape index (κ3) is 3.85. The second-order valence-electron chi connectivity index (χ2n) is 14.8. The summed E-state index contributed by atoms with van der Waals surface area (Å²) >= 11 is 1.86. The van der Waals surface area contributed by atoms with Crippen molar-refractivity contribution >= 4 is 66.4 Å². The van der Waals surface area contributed by atoms with Gasteiger partial charge in [0.2, 0.25) is 5.95 Å². The molecule has 4 nitrogen and oxygen atoms in total. The molecule has 0 fully saturated rings. The first-order valence-corrected chi connectivity index (χ1v) is 19.8. The van der Waals surface area contributed by atoms with Gasteiger partial charge in [-0.25, -0.2) is 9.97 Å². The van der Waals surface area contributed by atoms with Crippen LogP contribution >= 0.6 is 11.8 Å². The molecule has 0 atom stereocenters. The highest BCUT2D eigenvalue weighted by Gasteiger charge is 2.50. The largest absolute Gasteiger partial charge is 0.452 e. The van der Waals surface area contributed by atoms with E-state index in [9.17, 15) is 0 Å². The van der Waals surface area contributed by atoms with Gasteiger partial charge >= 0.3 is 0 Å². The van der Waals surface area contributed by atoms with E-state index in [0.717, 1.165) is 54.9 Å². The van der Waals surface area contributed by atoms with Gasteiger partial charge in [0.15, 0.2) is 5.58 Å². The quantitative estimate of drug-likeness (QED) is 0.178. The van der Waals surface area contributed by atoms with Crippen molar-refractivity contribution in [2.75, 3.05) is 0 Å². The number of aromatic nitrogens is 3. The fourth-order valence-corrected chi connectivity index (χ4v) is 11.0. The van der Waals surface area contributed by atoms with Crippen LogP contribution in [-0.4, -0.2) is 14.5 Å². The van der Waals surface area contributed by atoms with Crippen molar-refractivity contribution in [1.82, 2.24) is 14.5 Å². The van der Waals surface area contributed by atoms with Gasteiger partial charge in [-0.3, -0.25) is 4.57 Å². The molecule has 11 aromatic rings. The second-order valence-corrected chi connectivity index (χ2v) is 15.9. The number of hydrogen-bond donors (Lipinski definition) is 0. The predicted octanol–water partition coefficient (Wildman–Crippen LogP) is 13.1. The SMILES string of the molecule is c1ccc2c(c1)Sc1cc3c(cc1C21c2ccccc2-c2ccccc21)c1ccccc1n3-c1nc(-c2cccc3ccccc23)c2oc3ccccc3c2n1. The maximum atomic E-state index is 6.62. The molecule has 4 heterocycles. The van der Waals surface area contributed by atoms with Crippen LogP contribution < -0.4 is 0 Å². The van der Waals surface area contributed by atoms with E-state index in [-0.39, 0.29) is 0 Å². The van der Waals surface area contributed by atoms with Crippen molar-refractivity contribution in [1.29, 1.82) is 0 Å². The maximum Gasteiger partial charge on any atom is 0.236 e. The molecule has 0 bridgehead atoms. The smallest absolute Gasteiger partial charge is 0.236 e. The molecule has 8 aromatic carbocycles. The normalized spacial score (nSPS) is 13.8. The lowest BCUT2D eigenvalue weighted by Gasteiger charge is -2.39. The van der Waals surface area contributed by atoms with Crippen LogP contribution in [-0.2, 0) is 5.41 Å². The summed E-state index contributed by atoms with van der Waals surface area (Å²) in [6, 6.07) is 63.6. The van der Waals surface area contributed by atoms with Crippen molar-refractivity contribution < 1.29 is 4.42 Å². The Morgan fingerprint density at radius 3 is 1.95 bits per heavy atom. The number of rotatable bonds is 2. The maximum absolute atomic E-state index is 6.62. The Morgan fingerprint density at radius 2 is 1.11 bits per heavy atom. The first-order chi connectivity index (χ1) is 27.8. The molecule has 1 aliphatic carbocycles. The molecule has 2 aliphatic rings. The van der Waals surface area contributed by atoms with Gasteiger partial charge in [0.25, 0.3) is 0 Å². The first-order valence-electron chi connectivity index (χ1n) is 19.0. The van der Waals surface area contributed by atoms with Crippen LogP contribution in [0.1, 0.15) is 22.3 Å². The van der Waals surface area contributed by atoms with Crippen LogP contribution in [0, 0.1) is 0 Å². The summed E-state index contributed by atoms with van der Waals surface area (Å²) in [5.74, 6) is 0.616. The molecule has 0 saturated carbocycles. The van der Waals surface area contributed by atoms with Crippen LogP contribution in [0.5, 0.6) is 0 Å². The number of hydrogen-bond acceptors (Lipinski definition) is 4. The lowest BCUT2D eigenvalue weighted by Crippen LogP contribution is -2.32. The van der Waals surface area contributed by atoms with Gasteiger partial charge in [-0.2, -0.15) is 0 Å². The molecule has 13 rings (SSSR count). The number of nitrogens with zero attached hydrogens (tertiary/aromatic N) is 3. The minimum absolute atomic E-state index is 0.464. The van der Waals surface area contributed by atoms with Crippen molar-refractivity contribution in [3.63, 3.8) is 0 Å². The minimum Gasteiger partial charge on any atom is -0.452 e. The molecule has 5 heteroatoms.